The van der Waals surface area contributed by atoms with Gasteiger partial charge in [-0.15, -0.1) is 23.1 Å². The van der Waals surface area contributed by atoms with Gasteiger partial charge in [0.25, 0.3) is 0 Å². The number of carbonyl (C=O) groups excluding carboxylic acids is 1. The highest BCUT2D eigenvalue weighted by Gasteiger charge is 2.11. The predicted octanol–water partition coefficient (Wildman–Crippen LogP) is 3.14. The number of carbonyl (C=O) groups is 1. The van der Waals surface area contributed by atoms with Crippen LogP contribution < -0.4 is 0 Å². The molecule has 14 heavy (non-hydrogen) atoms. The number of phenolic OH excluding ortho intramolecular Hbond substituents is 1. The fourth-order valence-corrected chi connectivity index (χ4v) is 2.84. The number of hydrogen-bond donors (Lipinski definition) is 1. The van der Waals surface area contributed by atoms with Crippen LogP contribution in [-0.2, 0) is 0 Å². The molecule has 0 saturated heterocycles. The van der Waals surface area contributed by atoms with Crippen molar-refractivity contribution in [1.82, 2.24) is 0 Å². The van der Waals surface area contributed by atoms with E-state index in [1.165, 1.54) is 23.1 Å². The minimum absolute atomic E-state index is 0.255. The number of benzene rings is 1. The average molecular weight is 224 g/mol. The Morgan fingerprint density at radius 2 is 2.36 bits per heavy atom. The molecule has 0 unspecified atom stereocenters. The van der Waals surface area contributed by atoms with Crippen LogP contribution in [0.5, 0.6) is 5.75 Å². The van der Waals surface area contributed by atoms with Crippen LogP contribution in [0.15, 0.2) is 22.4 Å². The van der Waals surface area contributed by atoms with Crippen LogP contribution in [0.4, 0.5) is 0 Å². The summed E-state index contributed by atoms with van der Waals surface area (Å²) in [5, 5.41) is 12.4. The summed E-state index contributed by atoms with van der Waals surface area (Å²) in [4.78, 5) is 11.7. The molecule has 72 valence electrons. The van der Waals surface area contributed by atoms with Crippen molar-refractivity contribution in [3.05, 3.63) is 23.1 Å². The molecule has 0 atom stereocenters. The van der Waals surface area contributed by atoms with E-state index in [1.807, 2.05) is 17.7 Å². The highest BCUT2D eigenvalue weighted by molar-refractivity contribution is 7.98. The molecule has 1 aromatic carbocycles. The number of rotatable bonds is 2. The molecule has 2 nitrogen and oxygen atoms in total. The summed E-state index contributed by atoms with van der Waals surface area (Å²) in [6, 6.07) is 3.51. The summed E-state index contributed by atoms with van der Waals surface area (Å²) in [5.74, 6) is 0.255. The van der Waals surface area contributed by atoms with Gasteiger partial charge in [-0.25, -0.2) is 0 Å². The molecular weight excluding hydrogens is 216 g/mol. The van der Waals surface area contributed by atoms with Crippen molar-refractivity contribution >= 4 is 39.5 Å². The van der Waals surface area contributed by atoms with Gasteiger partial charge in [0.15, 0.2) is 6.29 Å². The first-order chi connectivity index (χ1) is 6.77. The van der Waals surface area contributed by atoms with Gasteiger partial charge >= 0.3 is 0 Å². The summed E-state index contributed by atoms with van der Waals surface area (Å²) in [6.07, 6.45) is 2.74. The molecule has 0 fully saturated rings. The van der Waals surface area contributed by atoms with E-state index in [2.05, 4.69) is 0 Å². The van der Waals surface area contributed by atoms with E-state index in [4.69, 9.17) is 0 Å². The second-order valence-corrected chi connectivity index (χ2v) is 4.56. The number of phenols is 1. The van der Waals surface area contributed by atoms with Gasteiger partial charge < -0.3 is 5.11 Å². The number of thioether (sulfide) groups is 1. The van der Waals surface area contributed by atoms with Gasteiger partial charge in [0.1, 0.15) is 5.75 Å². The molecule has 0 amide bonds. The monoisotopic (exact) mass is 224 g/mol. The normalized spacial score (nSPS) is 10.6. The molecule has 0 aliphatic rings. The molecule has 0 aliphatic carbocycles. The van der Waals surface area contributed by atoms with E-state index in [0.717, 1.165) is 21.3 Å². The third-order valence-electron chi connectivity index (χ3n) is 2.06. The molecular formula is C10H8O2S2. The maximum absolute atomic E-state index is 10.9. The van der Waals surface area contributed by atoms with Crippen molar-refractivity contribution in [2.24, 2.45) is 0 Å². The van der Waals surface area contributed by atoms with Crippen molar-refractivity contribution < 1.29 is 9.90 Å². The Labute approximate surface area is 89.6 Å². The standard InChI is InChI=1S/C10H8O2S2/c1-13-9-4-8(12)10-6(2-3-14-10)7(9)5-11/h2-5,12H,1H3. The average Bonchev–Trinajstić information content (AvgIpc) is 2.66. The van der Waals surface area contributed by atoms with Crippen molar-refractivity contribution in [3.8, 4) is 5.75 Å². The van der Waals surface area contributed by atoms with Crippen LogP contribution in [0, 0.1) is 0 Å². The van der Waals surface area contributed by atoms with Crippen molar-refractivity contribution in [2.45, 2.75) is 4.90 Å². The second kappa shape index (κ2) is 3.63. The molecule has 1 heterocycles. The Balaban J connectivity index is 2.88. The Kier molecular flexibility index (Phi) is 2.48. The molecule has 1 aromatic heterocycles. The summed E-state index contributed by atoms with van der Waals surface area (Å²) in [7, 11) is 0. The van der Waals surface area contributed by atoms with E-state index in [9.17, 15) is 9.90 Å². The molecule has 0 saturated carbocycles. The van der Waals surface area contributed by atoms with Gasteiger partial charge in [0.2, 0.25) is 0 Å². The van der Waals surface area contributed by atoms with E-state index in [1.54, 1.807) is 6.07 Å². The summed E-state index contributed by atoms with van der Waals surface area (Å²) in [5.41, 5.74) is 0.673. The molecule has 0 aliphatic heterocycles. The lowest BCUT2D eigenvalue weighted by atomic mass is 10.1. The molecule has 0 spiro atoms. The number of aldehydes is 1. The quantitative estimate of drug-likeness (QED) is 0.629. The highest BCUT2D eigenvalue weighted by atomic mass is 32.2. The molecule has 0 bridgehead atoms. The number of fused-ring (bicyclic) bond motifs is 1. The van der Waals surface area contributed by atoms with E-state index >= 15 is 0 Å². The topological polar surface area (TPSA) is 37.3 Å². The summed E-state index contributed by atoms with van der Waals surface area (Å²) in [6.45, 7) is 0. The maximum atomic E-state index is 10.9. The third-order valence-corrected chi connectivity index (χ3v) is 3.77. The highest BCUT2D eigenvalue weighted by Crippen LogP contribution is 2.37. The Hall–Kier alpha value is -1.00. The Bertz CT molecular complexity index is 488. The van der Waals surface area contributed by atoms with Crippen LogP contribution >= 0.6 is 23.1 Å². The molecule has 4 heteroatoms. The zero-order chi connectivity index (χ0) is 10.1. The minimum Gasteiger partial charge on any atom is -0.506 e. The first-order valence-electron chi connectivity index (χ1n) is 4.00. The van der Waals surface area contributed by atoms with Gasteiger partial charge in [-0.05, 0) is 23.8 Å². The van der Waals surface area contributed by atoms with Gasteiger partial charge in [0.05, 0.1) is 4.70 Å². The lowest BCUT2D eigenvalue weighted by Crippen LogP contribution is -1.85. The van der Waals surface area contributed by atoms with Crippen molar-refractivity contribution in [3.63, 3.8) is 0 Å². The lowest BCUT2D eigenvalue weighted by Gasteiger charge is -2.04. The van der Waals surface area contributed by atoms with Crippen molar-refractivity contribution in [1.29, 1.82) is 0 Å². The van der Waals surface area contributed by atoms with Crippen molar-refractivity contribution in [2.75, 3.05) is 6.26 Å². The Morgan fingerprint density at radius 1 is 1.57 bits per heavy atom. The van der Waals surface area contributed by atoms with Gasteiger partial charge in [-0.1, -0.05) is 0 Å². The van der Waals surface area contributed by atoms with E-state index < -0.39 is 0 Å². The van der Waals surface area contributed by atoms with E-state index in [-0.39, 0.29) is 5.75 Å². The second-order valence-electron chi connectivity index (χ2n) is 2.79. The third kappa shape index (κ3) is 1.31. The lowest BCUT2D eigenvalue weighted by molar-refractivity contribution is 0.112. The van der Waals surface area contributed by atoms with Gasteiger partial charge in [-0.3, -0.25) is 4.79 Å². The Morgan fingerprint density at radius 3 is 3.00 bits per heavy atom. The van der Waals surface area contributed by atoms with E-state index in [0.29, 0.717) is 5.56 Å². The fourth-order valence-electron chi connectivity index (χ4n) is 1.41. The van der Waals surface area contributed by atoms with Gasteiger partial charge in [-0.2, -0.15) is 0 Å². The number of hydrogen-bond acceptors (Lipinski definition) is 4. The molecule has 0 radical (unpaired) electrons. The predicted molar refractivity (Wildman–Crippen MR) is 60.7 cm³/mol. The van der Waals surface area contributed by atoms with Crippen LogP contribution in [-0.4, -0.2) is 17.6 Å². The summed E-state index contributed by atoms with van der Waals surface area (Å²) >= 11 is 2.91. The zero-order valence-electron chi connectivity index (χ0n) is 7.48. The first-order valence-corrected chi connectivity index (χ1v) is 6.10. The molecule has 2 aromatic rings. The zero-order valence-corrected chi connectivity index (χ0v) is 9.11. The molecule has 2 rings (SSSR count). The first kappa shape index (κ1) is 9.55. The van der Waals surface area contributed by atoms with Crippen LogP contribution in [0.1, 0.15) is 10.4 Å². The van der Waals surface area contributed by atoms with Crippen LogP contribution in [0.2, 0.25) is 0 Å². The minimum atomic E-state index is 0.255. The summed E-state index contributed by atoms with van der Waals surface area (Å²) < 4.78 is 0.782. The largest absolute Gasteiger partial charge is 0.506 e. The molecule has 1 N–H and O–H groups in total. The fraction of sp³-hybridized carbons (Fsp3) is 0.100. The van der Waals surface area contributed by atoms with Crippen LogP contribution in [0.25, 0.3) is 10.1 Å². The number of thiophene rings is 1. The van der Waals surface area contributed by atoms with Crippen LogP contribution in [0.3, 0.4) is 0 Å². The number of aromatic hydroxyl groups is 1. The SMILES string of the molecule is CSc1cc(O)c2sccc2c1C=O. The smallest absolute Gasteiger partial charge is 0.151 e. The maximum Gasteiger partial charge on any atom is 0.151 e. The van der Waals surface area contributed by atoms with Gasteiger partial charge in [0, 0.05) is 15.8 Å².